The molecule has 0 aromatic heterocycles. The number of fused-ring (bicyclic) bond motifs is 6. The molecule has 6 aliphatic rings. The van der Waals surface area contributed by atoms with Crippen molar-refractivity contribution in [2.45, 2.75) is 109 Å². The molecule has 12 rings (SSSR count). The Morgan fingerprint density at radius 2 is 1.41 bits per heavy atom. The molecule has 536 valence electrons. The van der Waals surface area contributed by atoms with Crippen molar-refractivity contribution in [3.63, 3.8) is 0 Å². The number of hydrogen-bond donors (Lipinski definition) is 7. The van der Waals surface area contributed by atoms with Gasteiger partial charge >= 0.3 is 6.09 Å². The molecule has 26 nitrogen and oxygen atoms in total. The van der Waals surface area contributed by atoms with Crippen LogP contribution in [-0.4, -0.2) is 159 Å². The molecule has 1 unspecified atom stereocenters. The second-order valence-corrected chi connectivity index (χ2v) is 26.6. The molecule has 6 aromatic carbocycles. The standard InChI is InChI=1S/C77H82N10O16/c1-45(2)70(83-68(90)40-80-67(89)39-79-66(88)26-27-69(91)85-41-51-14-8-7-12-48(51)18-19-50-13-9-10-15-59(50)85)72(93)81-46(3)71(92)82-53-22-16-47(17-23-53)43-103-76(97)87-60-36-65(63(100-6)34-57(60)74(95)86-44-77(28-29-77)37-61(86)75(87)96)102-31-11-30-101-64-35-58-56(33-62(64)99-5)73(94)84-42-52(32-54(84)38-78-58)49-20-24-55(98-4)25-21-49/h7-10,12-17,20-25,33-36,42,45-46,54,61,70,75,78,96H,11,26-32,37-41,43-44H2,1-6H3,(H,79,88)(H,80,89)(H,81,93)(H,82,92)(H,83,90)/t46-,54-,61-,70-,75?/m0/s1/i/hD. The van der Waals surface area contributed by atoms with Gasteiger partial charge in [-0.15, -0.1) is 0 Å². The van der Waals surface area contributed by atoms with Gasteiger partial charge in [0.05, 0.1) is 94.5 Å². The zero-order chi connectivity index (χ0) is 73.5. The van der Waals surface area contributed by atoms with E-state index in [1.807, 2.05) is 66.9 Å². The van der Waals surface area contributed by atoms with Gasteiger partial charge in [0.2, 0.25) is 35.4 Å². The highest BCUT2D eigenvalue weighted by atomic mass is 16.6. The lowest BCUT2D eigenvalue weighted by atomic mass is 10.0. The maximum Gasteiger partial charge on any atom is 0.416 e. The van der Waals surface area contributed by atoms with Crippen LogP contribution in [0.5, 0.6) is 28.7 Å². The summed E-state index contributed by atoms with van der Waals surface area (Å²) in [6.45, 7) is 4.45. The highest BCUT2D eigenvalue weighted by Crippen LogP contribution is 2.57. The van der Waals surface area contributed by atoms with Crippen LogP contribution in [0.15, 0.2) is 128 Å². The number of rotatable bonds is 25. The first-order valence-electron chi connectivity index (χ1n) is 34.7. The van der Waals surface area contributed by atoms with Gasteiger partial charge in [0.15, 0.2) is 30.6 Å². The van der Waals surface area contributed by atoms with E-state index in [-0.39, 0.29) is 91.1 Å². The van der Waals surface area contributed by atoms with E-state index < -0.39 is 79.0 Å². The van der Waals surface area contributed by atoms with Crippen LogP contribution in [0.2, 0.25) is 1.41 Å². The number of amides is 9. The van der Waals surface area contributed by atoms with Crippen molar-refractivity contribution in [2.24, 2.45) is 11.3 Å². The van der Waals surface area contributed by atoms with E-state index in [1.165, 1.54) is 33.3 Å². The summed E-state index contributed by atoms with van der Waals surface area (Å²) in [5, 5.41) is 26.3. The van der Waals surface area contributed by atoms with Gasteiger partial charge in [-0.3, -0.25) is 38.4 Å². The van der Waals surface area contributed by atoms with Crippen molar-refractivity contribution in [2.75, 3.05) is 81.2 Å². The van der Waals surface area contributed by atoms with Gasteiger partial charge in [0.1, 0.15) is 24.4 Å². The van der Waals surface area contributed by atoms with Crippen molar-refractivity contribution >= 4 is 81.7 Å². The Labute approximate surface area is 597 Å². The number of para-hydroxylation sites is 1. The zero-order valence-corrected chi connectivity index (χ0v) is 58.0. The van der Waals surface area contributed by atoms with E-state index in [0.29, 0.717) is 82.9 Å². The Kier molecular flexibility index (Phi) is 21.1. The second-order valence-electron chi connectivity index (χ2n) is 26.6. The normalized spacial score (nSPS) is 17.8. The minimum atomic E-state index is -1.51. The van der Waals surface area contributed by atoms with Crippen LogP contribution in [0.1, 0.15) is 114 Å². The third kappa shape index (κ3) is 16.1. The van der Waals surface area contributed by atoms with Gasteiger partial charge in [-0.2, -0.15) is 0 Å². The van der Waals surface area contributed by atoms with Crippen molar-refractivity contribution in [3.8, 4) is 40.6 Å². The number of carbonyl (C=O) groups is 9. The largest absolute Gasteiger partial charge is 0.497 e. The Balaban J connectivity index is 0.610. The van der Waals surface area contributed by atoms with Crippen LogP contribution in [-0.2, 0) is 46.7 Å². The number of anilines is 4. The van der Waals surface area contributed by atoms with E-state index in [1.54, 1.807) is 84.2 Å². The number of aliphatic hydroxyl groups is 1. The summed E-state index contributed by atoms with van der Waals surface area (Å²) in [6, 6.07) is 32.0. The molecule has 103 heavy (non-hydrogen) atoms. The minimum absolute atomic E-state index is 0.0501. The number of nitrogens with zero attached hydrogens (tertiary/aromatic N) is 4. The quantitative estimate of drug-likeness (QED) is 0.0219. The Morgan fingerprint density at radius 1 is 0.718 bits per heavy atom. The first-order chi connectivity index (χ1) is 50.1. The molecule has 9 amide bonds. The topological polar surface area (TPSA) is 314 Å². The van der Waals surface area contributed by atoms with Crippen molar-refractivity contribution in [1.82, 2.24) is 31.1 Å². The maximum atomic E-state index is 14.5. The zero-order valence-electron chi connectivity index (χ0n) is 59.0. The monoisotopic (exact) mass is 1400 g/mol. The van der Waals surface area contributed by atoms with Crippen molar-refractivity contribution in [3.05, 3.63) is 166 Å². The smallest absolute Gasteiger partial charge is 0.416 e. The number of benzene rings is 6. The number of ether oxygens (including phenoxy) is 6. The molecule has 1 aliphatic carbocycles. The van der Waals surface area contributed by atoms with Crippen molar-refractivity contribution < 1.29 is 78.1 Å². The summed E-state index contributed by atoms with van der Waals surface area (Å²) >= 11 is 0. The number of aliphatic hydroxyl groups excluding tert-OH is 1. The molecule has 1 saturated heterocycles. The molecular weight excluding hydrogens is 1320 g/mol. The second kappa shape index (κ2) is 31.1. The first-order valence-corrected chi connectivity index (χ1v) is 34.2. The first kappa shape index (κ1) is 69.9. The van der Waals surface area contributed by atoms with Crippen LogP contribution in [0.3, 0.4) is 0 Å². The average Bonchev–Trinajstić information content (AvgIpc) is 1.57. The van der Waals surface area contributed by atoms with Crippen molar-refractivity contribution in [1.29, 1.82) is 0 Å². The Hall–Kier alpha value is -11.6. The fourth-order valence-corrected chi connectivity index (χ4v) is 13.3. The lowest BCUT2D eigenvalue weighted by Gasteiger charge is -2.31. The van der Waals surface area contributed by atoms with Crippen LogP contribution >= 0.6 is 0 Å². The molecule has 1 saturated carbocycles. The predicted octanol–water partition coefficient (Wildman–Crippen LogP) is 7.25. The number of carbonyl (C=O) groups excluding carboxylic acids is 9. The Bertz CT molecular complexity index is 4440. The minimum Gasteiger partial charge on any atom is -0.497 e. The SMILES string of the molecule is [2H]N(CC(=O)N[C@H](C(=O)N[C@@H](C)C(=O)Nc1ccc(COC(=O)N2c3cc(OCCCOc4cc5c(cc4OC)C(=O)N4C=C(c6ccc(OC)cc6)C[C@H]4CN5)c(OC)cc3C(=O)N3CC4(CC4)C[C@H]3C2O)cc1)C(C)C)C(=O)CNC(=O)CCC(=O)N1Cc2ccccc2C#Cc2ccccc21. The van der Waals surface area contributed by atoms with E-state index in [0.717, 1.165) is 45.8 Å². The summed E-state index contributed by atoms with van der Waals surface area (Å²) in [4.78, 5) is 129. The summed E-state index contributed by atoms with van der Waals surface area (Å²) in [6.07, 6.45) is 2.25. The molecule has 5 aliphatic heterocycles. The molecule has 0 bridgehead atoms. The Morgan fingerprint density at radius 3 is 2.12 bits per heavy atom. The van der Waals surface area contributed by atoms with Crippen LogP contribution < -0.4 is 65.4 Å². The molecule has 0 radical (unpaired) electrons. The van der Waals surface area contributed by atoms with E-state index in [9.17, 15) is 48.3 Å². The molecule has 7 N–H and O–H groups in total. The van der Waals surface area contributed by atoms with E-state index >= 15 is 0 Å². The van der Waals surface area contributed by atoms with Crippen LogP contribution in [0.4, 0.5) is 27.5 Å². The van der Waals surface area contributed by atoms with Gasteiger partial charge in [-0.1, -0.05) is 80.3 Å². The fourth-order valence-electron chi connectivity index (χ4n) is 13.3. The lowest BCUT2D eigenvalue weighted by Crippen LogP contribution is -2.55. The third-order valence-corrected chi connectivity index (χ3v) is 19.2. The van der Waals surface area contributed by atoms with Gasteiger partial charge in [-0.25, -0.2) is 9.69 Å². The molecule has 1 spiro atoms. The van der Waals surface area contributed by atoms with Gasteiger partial charge < -0.3 is 80.1 Å². The van der Waals surface area contributed by atoms with E-state index in [4.69, 9.17) is 29.8 Å². The van der Waals surface area contributed by atoms with E-state index in [2.05, 4.69) is 38.4 Å². The predicted molar refractivity (Wildman–Crippen MR) is 380 cm³/mol. The molecular formula is C77H82N10O16. The average molecular weight is 1400 g/mol. The number of methoxy groups -OCH3 is 3. The van der Waals surface area contributed by atoms with Gasteiger partial charge in [-0.05, 0) is 121 Å². The molecule has 5 heterocycles. The lowest BCUT2D eigenvalue weighted by molar-refractivity contribution is -0.132. The highest BCUT2D eigenvalue weighted by molar-refractivity contribution is 6.07. The van der Waals surface area contributed by atoms with Gasteiger partial charge in [0, 0.05) is 67.5 Å². The molecule has 26 heteroatoms. The number of hydrogen-bond acceptors (Lipinski definition) is 17. The van der Waals surface area contributed by atoms with Crippen LogP contribution in [0.25, 0.3) is 5.57 Å². The summed E-state index contributed by atoms with van der Waals surface area (Å²) in [7, 11) is 4.56. The maximum absolute atomic E-state index is 14.5. The summed E-state index contributed by atoms with van der Waals surface area (Å²) in [5.41, 5.74) is 6.80. The fraction of sp³-hybridized carbons (Fsp3) is 0.364. The number of nitrogens with one attached hydrogen (secondary N) is 6. The summed E-state index contributed by atoms with van der Waals surface area (Å²) < 4.78 is 43.4. The highest BCUT2D eigenvalue weighted by Gasteiger charge is 2.58. The van der Waals surface area contributed by atoms with Gasteiger partial charge in [0.25, 0.3) is 11.8 Å². The molecule has 6 aromatic rings. The third-order valence-electron chi connectivity index (χ3n) is 19.2. The van der Waals surface area contributed by atoms with Crippen LogP contribution in [0, 0.1) is 23.2 Å². The molecule has 5 atom stereocenters. The molecule has 2 fully saturated rings. The summed E-state index contributed by atoms with van der Waals surface area (Å²) in [5.74, 6) is 3.07.